The van der Waals surface area contributed by atoms with Crippen molar-refractivity contribution in [2.24, 2.45) is 0 Å². The lowest BCUT2D eigenvalue weighted by Gasteiger charge is -2.22. The van der Waals surface area contributed by atoms with Crippen LogP contribution in [0.4, 0.5) is 23.2 Å². The van der Waals surface area contributed by atoms with E-state index >= 15 is 0 Å². The highest BCUT2D eigenvalue weighted by atomic mass is 32.2. The van der Waals surface area contributed by atoms with Crippen molar-refractivity contribution in [2.75, 3.05) is 18.1 Å². The zero-order chi connectivity index (χ0) is 24.5. The summed E-state index contributed by atoms with van der Waals surface area (Å²) in [5, 5.41) is 14.5. The number of nitrogens with zero attached hydrogens (tertiary/aromatic N) is 1. The van der Waals surface area contributed by atoms with E-state index in [4.69, 9.17) is 7.85 Å². The summed E-state index contributed by atoms with van der Waals surface area (Å²) in [5.41, 5.74) is -5.72. The number of hydrogen-bond donors (Lipinski definition) is 3. The molecule has 3 N–H and O–H groups in total. The van der Waals surface area contributed by atoms with Gasteiger partial charge in [-0.15, -0.1) is 0 Å². The molecule has 170 valence electrons. The number of benzene rings is 1. The summed E-state index contributed by atoms with van der Waals surface area (Å²) < 4.78 is 78.0. The van der Waals surface area contributed by atoms with Gasteiger partial charge in [0.25, 0.3) is 11.8 Å². The molecule has 0 aliphatic rings. The predicted octanol–water partition coefficient (Wildman–Crippen LogP) is 0.556. The highest BCUT2D eigenvalue weighted by Crippen LogP contribution is 2.29. The third-order valence-electron chi connectivity index (χ3n) is 4.21. The van der Waals surface area contributed by atoms with Crippen LogP contribution in [0, 0.1) is 5.82 Å². The number of nitrogens with one attached hydrogen (secondary N) is 2. The van der Waals surface area contributed by atoms with Crippen molar-refractivity contribution >= 4 is 40.8 Å². The molecule has 0 aliphatic heterocycles. The smallest absolute Gasteiger partial charge is 0.379 e. The summed E-state index contributed by atoms with van der Waals surface area (Å²) in [6, 6.07) is 2.84. The van der Waals surface area contributed by atoms with Crippen LogP contribution in [-0.2, 0) is 20.8 Å². The Morgan fingerprint density at radius 2 is 1.84 bits per heavy atom. The quantitative estimate of drug-likeness (QED) is 0.416. The third kappa shape index (κ3) is 5.62. The number of aliphatic hydroxyl groups is 1. The number of halogens is 4. The van der Waals surface area contributed by atoms with Gasteiger partial charge in [-0.1, -0.05) is 0 Å². The summed E-state index contributed by atoms with van der Waals surface area (Å²) in [7, 11) is 1.95. The highest BCUT2D eigenvalue weighted by molar-refractivity contribution is 7.91. The average Bonchev–Trinajstić information content (AvgIpc) is 2.67. The van der Waals surface area contributed by atoms with E-state index in [0.29, 0.717) is 12.1 Å². The number of carbonyl (C=O) groups is 2. The minimum absolute atomic E-state index is 0.424. The maximum atomic E-state index is 14.1. The van der Waals surface area contributed by atoms with Gasteiger partial charge in [-0.25, -0.2) is 12.8 Å². The zero-order valence-electron chi connectivity index (χ0n) is 16.6. The lowest BCUT2D eigenvalue weighted by Crippen LogP contribution is -2.46. The molecule has 0 saturated carbocycles. The molecule has 1 atom stereocenters. The summed E-state index contributed by atoms with van der Waals surface area (Å²) in [6.45, 7) is 0.810. The van der Waals surface area contributed by atoms with E-state index in [1.54, 1.807) is 0 Å². The van der Waals surface area contributed by atoms with Crippen LogP contribution in [0.3, 0.4) is 0 Å². The first-order valence-electron chi connectivity index (χ1n) is 8.69. The molecule has 1 aromatic heterocycles. The lowest BCUT2D eigenvalue weighted by molar-refractivity contribution is -0.137. The lowest BCUT2D eigenvalue weighted by atomic mass is 9.97. The molecule has 14 heteroatoms. The molecule has 2 radical (unpaired) electrons. The fraction of sp³-hybridized carbons (Fsp3) is 0.278. The van der Waals surface area contributed by atoms with Gasteiger partial charge in [0, 0.05) is 13.2 Å². The van der Waals surface area contributed by atoms with Crippen molar-refractivity contribution < 1.29 is 40.7 Å². The number of amides is 2. The van der Waals surface area contributed by atoms with Gasteiger partial charge in [0.2, 0.25) is 0 Å². The van der Waals surface area contributed by atoms with E-state index < -0.39 is 72.3 Å². The topological polar surface area (TPSA) is 125 Å². The van der Waals surface area contributed by atoms with Crippen LogP contribution in [0.25, 0.3) is 0 Å². The van der Waals surface area contributed by atoms with E-state index in [1.807, 2.05) is 5.32 Å². The fourth-order valence-electron chi connectivity index (χ4n) is 2.56. The van der Waals surface area contributed by atoms with E-state index in [0.717, 1.165) is 25.3 Å². The number of carbonyl (C=O) groups excluding carboxylic acids is 2. The van der Waals surface area contributed by atoms with Crippen LogP contribution in [0.15, 0.2) is 35.4 Å². The molecule has 1 heterocycles. The van der Waals surface area contributed by atoms with Crippen molar-refractivity contribution in [2.45, 2.75) is 23.6 Å². The molecule has 2 amide bonds. The van der Waals surface area contributed by atoms with Gasteiger partial charge in [-0.3, -0.25) is 14.6 Å². The van der Waals surface area contributed by atoms with Gasteiger partial charge in [0.15, 0.2) is 15.4 Å². The standard InChI is InChI=1S/C18H16BF4N3O5S/c1-17(29,16(28)26-9-5-12(18(21,22)23)14(19)25-7-9)8-32(30,31)10-3-4-11(13(20)6-10)15(27)24-2/h3-7,29H,8H2,1-2H3,(H,24,27)(H,26,28)/t17-/m0/s1. The largest absolute Gasteiger partial charge is 0.417 e. The number of anilines is 1. The normalized spacial score (nSPS) is 13.8. The van der Waals surface area contributed by atoms with Gasteiger partial charge in [-0.2, -0.15) is 13.2 Å². The Labute approximate surface area is 181 Å². The first kappa shape index (κ1) is 25.3. The molecule has 0 saturated heterocycles. The zero-order valence-corrected chi connectivity index (χ0v) is 17.4. The molecular formula is C18H16BF4N3O5S. The number of pyridine rings is 1. The Kier molecular flexibility index (Phi) is 7.00. The minimum atomic E-state index is -4.87. The van der Waals surface area contributed by atoms with Crippen molar-refractivity contribution in [3.8, 4) is 0 Å². The van der Waals surface area contributed by atoms with Crippen LogP contribution in [-0.4, -0.2) is 56.6 Å². The van der Waals surface area contributed by atoms with Crippen molar-refractivity contribution in [3.05, 3.63) is 47.4 Å². The van der Waals surface area contributed by atoms with E-state index in [-0.39, 0.29) is 0 Å². The van der Waals surface area contributed by atoms with E-state index in [2.05, 4.69) is 10.3 Å². The molecule has 32 heavy (non-hydrogen) atoms. The number of rotatable bonds is 6. The number of sulfone groups is 1. The monoisotopic (exact) mass is 473 g/mol. The van der Waals surface area contributed by atoms with Crippen molar-refractivity contribution in [1.29, 1.82) is 0 Å². The second-order valence-corrected chi connectivity index (χ2v) is 8.85. The highest BCUT2D eigenvalue weighted by Gasteiger charge is 2.38. The maximum Gasteiger partial charge on any atom is 0.417 e. The second kappa shape index (κ2) is 8.86. The molecule has 0 bridgehead atoms. The number of aromatic nitrogens is 1. The Hall–Kier alpha value is -3.00. The summed E-state index contributed by atoms with van der Waals surface area (Å²) in [4.78, 5) is 26.6. The molecule has 8 nitrogen and oxygen atoms in total. The molecule has 0 unspecified atom stereocenters. The summed E-state index contributed by atoms with van der Waals surface area (Å²) in [6.07, 6.45) is -4.07. The SMILES string of the molecule is [B]c1ncc(NC(=O)[C@@](C)(O)CS(=O)(=O)c2ccc(C(=O)NC)c(F)c2)cc1C(F)(F)F. The Balaban J connectivity index is 2.26. The predicted molar refractivity (Wildman–Crippen MR) is 106 cm³/mol. The van der Waals surface area contributed by atoms with Gasteiger partial charge in [0.1, 0.15) is 13.7 Å². The molecule has 2 aromatic rings. The molecule has 2 rings (SSSR count). The van der Waals surface area contributed by atoms with Gasteiger partial charge >= 0.3 is 6.18 Å². The van der Waals surface area contributed by atoms with Crippen molar-refractivity contribution in [3.63, 3.8) is 0 Å². The Morgan fingerprint density at radius 1 is 1.22 bits per heavy atom. The van der Waals surface area contributed by atoms with Gasteiger partial charge < -0.3 is 15.7 Å². The summed E-state index contributed by atoms with van der Waals surface area (Å²) >= 11 is 0. The van der Waals surface area contributed by atoms with Gasteiger partial charge in [0.05, 0.1) is 27.5 Å². The maximum absolute atomic E-state index is 14.1. The van der Waals surface area contributed by atoms with Crippen molar-refractivity contribution in [1.82, 2.24) is 10.3 Å². The van der Waals surface area contributed by atoms with Crippen LogP contribution < -0.4 is 16.2 Å². The fourth-order valence-corrected chi connectivity index (χ4v) is 4.16. The van der Waals surface area contributed by atoms with Crippen LogP contribution in [0.2, 0.25) is 0 Å². The first-order chi connectivity index (χ1) is 14.6. The minimum Gasteiger partial charge on any atom is -0.379 e. The number of hydrogen-bond acceptors (Lipinski definition) is 6. The third-order valence-corrected chi connectivity index (χ3v) is 6.13. The molecule has 1 aromatic carbocycles. The molecule has 0 aliphatic carbocycles. The van der Waals surface area contributed by atoms with Crippen LogP contribution in [0.1, 0.15) is 22.8 Å². The molecule has 0 spiro atoms. The van der Waals surface area contributed by atoms with E-state index in [9.17, 15) is 40.7 Å². The Morgan fingerprint density at radius 3 is 2.38 bits per heavy atom. The Bertz CT molecular complexity index is 1170. The first-order valence-corrected chi connectivity index (χ1v) is 10.3. The second-order valence-electron chi connectivity index (χ2n) is 6.86. The molecule has 0 fully saturated rings. The van der Waals surface area contributed by atoms with Crippen LogP contribution >= 0.6 is 0 Å². The molecular weight excluding hydrogens is 457 g/mol. The summed E-state index contributed by atoms with van der Waals surface area (Å²) in [5.74, 6) is -4.54. The van der Waals surface area contributed by atoms with E-state index in [1.165, 1.54) is 7.05 Å². The van der Waals surface area contributed by atoms with Crippen LogP contribution in [0.5, 0.6) is 0 Å². The average molecular weight is 473 g/mol. The van der Waals surface area contributed by atoms with Gasteiger partial charge in [-0.05, 0) is 36.8 Å². The number of alkyl halides is 3.